The van der Waals surface area contributed by atoms with Crippen molar-refractivity contribution in [2.45, 2.75) is 25.8 Å². The molecule has 11 nitrogen and oxygen atoms in total. The van der Waals surface area contributed by atoms with E-state index in [1.54, 1.807) is 12.4 Å². The van der Waals surface area contributed by atoms with Crippen LogP contribution in [0.15, 0.2) is 79.1 Å². The summed E-state index contributed by atoms with van der Waals surface area (Å²) in [5.74, 6) is -0.230. The molecule has 0 fully saturated rings. The predicted octanol–water partition coefficient (Wildman–Crippen LogP) is 6.32. The van der Waals surface area contributed by atoms with Gasteiger partial charge in [-0.25, -0.2) is 19.7 Å². The van der Waals surface area contributed by atoms with Crippen LogP contribution in [-0.4, -0.2) is 50.1 Å². The smallest absolute Gasteiger partial charge is 0.355 e. The van der Waals surface area contributed by atoms with Crippen LogP contribution in [0.5, 0.6) is 5.75 Å². The molecule has 0 bridgehead atoms. The lowest BCUT2D eigenvalue weighted by Gasteiger charge is -2.29. The monoisotopic (exact) mass is 663 g/mol. The molecule has 47 heavy (non-hydrogen) atoms. The zero-order chi connectivity index (χ0) is 32.3. The Balaban J connectivity index is 1.01. The number of hydrogen-bond donors (Lipinski definition) is 3. The Morgan fingerprint density at radius 2 is 1.81 bits per heavy atom. The number of ether oxygens (including phenoxy) is 1. The van der Waals surface area contributed by atoms with Gasteiger partial charge in [0, 0.05) is 41.5 Å². The van der Waals surface area contributed by atoms with Crippen molar-refractivity contribution in [1.29, 1.82) is 0 Å². The molecule has 1 aliphatic rings. The molecule has 4 heterocycles. The SMILES string of the molecule is Nc1nccnc1-c1ccc(OCCCc2sc(N3CCc4cccc(C(=O)Nc5nc6ccccc6s5)c4C3)nc2C(=O)O)cc1. The molecule has 3 aromatic heterocycles. The lowest BCUT2D eigenvalue weighted by atomic mass is 9.94. The highest BCUT2D eigenvalue weighted by atomic mass is 32.1. The number of nitrogens with zero attached hydrogens (tertiary/aromatic N) is 5. The summed E-state index contributed by atoms with van der Waals surface area (Å²) in [5, 5.41) is 14.1. The number of hydrogen-bond acceptors (Lipinski definition) is 11. The molecule has 0 unspecified atom stereocenters. The number of rotatable bonds is 10. The molecule has 0 aliphatic carbocycles. The van der Waals surface area contributed by atoms with Crippen LogP contribution < -0.4 is 20.7 Å². The van der Waals surface area contributed by atoms with Gasteiger partial charge in [-0.15, -0.1) is 11.3 Å². The Morgan fingerprint density at radius 1 is 0.979 bits per heavy atom. The molecule has 7 rings (SSSR count). The number of aromatic nitrogens is 4. The number of para-hydroxylation sites is 1. The summed E-state index contributed by atoms with van der Waals surface area (Å²) in [4.78, 5) is 45.7. The van der Waals surface area contributed by atoms with Crippen LogP contribution in [0.25, 0.3) is 21.5 Å². The molecule has 13 heteroatoms. The van der Waals surface area contributed by atoms with E-state index in [-0.39, 0.29) is 11.6 Å². The van der Waals surface area contributed by atoms with Crippen molar-refractivity contribution < 1.29 is 19.4 Å². The van der Waals surface area contributed by atoms with E-state index < -0.39 is 5.97 Å². The summed E-state index contributed by atoms with van der Waals surface area (Å²) < 4.78 is 6.93. The van der Waals surface area contributed by atoms with Gasteiger partial charge in [-0.05, 0) is 72.9 Å². The van der Waals surface area contributed by atoms with Crippen molar-refractivity contribution in [2.24, 2.45) is 0 Å². The molecular weight excluding hydrogens is 635 g/mol. The molecule has 1 amide bonds. The predicted molar refractivity (Wildman–Crippen MR) is 184 cm³/mol. The van der Waals surface area contributed by atoms with Crippen molar-refractivity contribution >= 4 is 60.8 Å². The van der Waals surface area contributed by atoms with E-state index >= 15 is 0 Å². The van der Waals surface area contributed by atoms with Gasteiger partial charge in [-0.1, -0.05) is 35.6 Å². The summed E-state index contributed by atoms with van der Waals surface area (Å²) >= 11 is 2.81. The Morgan fingerprint density at radius 3 is 2.62 bits per heavy atom. The Kier molecular flexibility index (Phi) is 8.46. The van der Waals surface area contributed by atoms with Gasteiger partial charge in [0.15, 0.2) is 16.0 Å². The van der Waals surface area contributed by atoms with Gasteiger partial charge in [-0.3, -0.25) is 15.1 Å². The Bertz CT molecular complexity index is 2060. The summed E-state index contributed by atoms with van der Waals surface area (Å²) in [6, 6.07) is 21.0. The first-order chi connectivity index (χ1) is 22.9. The van der Waals surface area contributed by atoms with Crippen LogP contribution in [0, 0.1) is 0 Å². The first-order valence-electron chi connectivity index (χ1n) is 15.0. The maximum absolute atomic E-state index is 13.4. The number of benzene rings is 3. The molecule has 1 aliphatic heterocycles. The molecule has 6 aromatic rings. The average molecular weight is 664 g/mol. The number of aryl methyl sites for hydroxylation is 1. The Hall–Kier alpha value is -5.40. The van der Waals surface area contributed by atoms with Crippen LogP contribution in [0.1, 0.15) is 43.3 Å². The summed E-state index contributed by atoms with van der Waals surface area (Å²) in [6.07, 6.45) is 4.98. The highest BCUT2D eigenvalue weighted by Crippen LogP contribution is 2.33. The lowest BCUT2D eigenvalue weighted by molar-refractivity contribution is 0.0690. The molecule has 0 radical (unpaired) electrons. The van der Waals surface area contributed by atoms with Crippen molar-refractivity contribution in [2.75, 3.05) is 29.1 Å². The second-order valence-corrected chi connectivity index (χ2v) is 13.0. The average Bonchev–Trinajstić information content (AvgIpc) is 3.71. The number of carboxylic acids is 1. The number of aromatic carboxylic acids is 1. The second-order valence-electron chi connectivity index (χ2n) is 10.9. The van der Waals surface area contributed by atoms with Crippen molar-refractivity contribution in [3.8, 4) is 17.0 Å². The fourth-order valence-electron chi connectivity index (χ4n) is 5.56. The molecular formula is C34H29N7O4S2. The number of carboxylic acid groups (broad SMARTS) is 1. The molecule has 0 atom stereocenters. The van der Waals surface area contributed by atoms with E-state index in [9.17, 15) is 14.7 Å². The van der Waals surface area contributed by atoms with E-state index in [0.29, 0.717) is 76.9 Å². The summed E-state index contributed by atoms with van der Waals surface area (Å²) in [5.41, 5.74) is 10.9. The fraction of sp³-hybridized carbons (Fsp3) is 0.176. The number of carbonyl (C=O) groups excluding carboxylic acids is 1. The van der Waals surface area contributed by atoms with E-state index in [1.165, 1.54) is 22.7 Å². The maximum Gasteiger partial charge on any atom is 0.355 e. The third kappa shape index (κ3) is 6.48. The van der Waals surface area contributed by atoms with E-state index in [1.807, 2.05) is 66.7 Å². The summed E-state index contributed by atoms with van der Waals surface area (Å²) in [7, 11) is 0. The zero-order valence-corrected chi connectivity index (χ0v) is 26.7. The molecule has 3 aromatic carbocycles. The number of thiazole rings is 2. The topological polar surface area (TPSA) is 156 Å². The molecule has 4 N–H and O–H groups in total. The molecule has 236 valence electrons. The normalized spacial score (nSPS) is 12.6. The third-order valence-electron chi connectivity index (χ3n) is 7.86. The van der Waals surface area contributed by atoms with Gasteiger partial charge in [0.2, 0.25) is 0 Å². The number of carbonyl (C=O) groups is 2. The van der Waals surface area contributed by atoms with Gasteiger partial charge in [0.1, 0.15) is 17.3 Å². The quantitative estimate of drug-likeness (QED) is 0.142. The molecule has 0 saturated carbocycles. The molecule has 0 spiro atoms. The first-order valence-corrected chi connectivity index (χ1v) is 16.6. The zero-order valence-electron chi connectivity index (χ0n) is 25.1. The van der Waals surface area contributed by atoms with Crippen molar-refractivity contribution in [3.63, 3.8) is 0 Å². The Labute approximate surface area is 277 Å². The van der Waals surface area contributed by atoms with E-state index in [4.69, 9.17) is 10.5 Å². The largest absolute Gasteiger partial charge is 0.494 e. The highest BCUT2D eigenvalue weighted by Gasteiger charge is 2.26. The lowest BCUT2D eigenvalue weighted by Crippen LogP contribution is -2.32. The number of anilines is 3. The number of nitrogens with two attached hydrogens (primary N) is 1. The van der Waals surface area contributed by atoms with Crippen molar-refractivity contribution in [1.82, 2.24) is 19.9 Å². The fourth-order valence-corrected chi connectivity index (χ4v) is 7.54. The third-order valence-corrected chi connectivity index (χ3v) is 9.99. The molecule has 0 saturated heterocycles. The van der Waals surface area contributed by atoms with E-state index in [0.717, 1.165) is 26.9 Å². The number of nitrogen functional groups attached to an aromatic ring is 1. The van der Waals surface area contributed by atoms with Gasteiger partial charge >= 0.3 is 5.97 Å². The minimum atomic E-state index is -1.06. The number of fused-ring (bicyclic) bond motifs is 2. The van der Waals surface area contributed by atoms with E-state index in [2.05, 4.69) is 30.2 Å². The maximum atomic E-state index is 13.4. The van der Waals surface area contributed by atoms with Crippen LogP contribution in [-0.2, 0) is 19.4 Å². The van der Waals surface area contributed by atoms with Gasteiger partial charge in [0.05, 0.1) is 16.8 Å². The summed E-state index contributed by atoms with van der Waals surface area (Å²) in [6.45, 7) is 1.52. The standard InChI is InChI=1S/C34H29N7O4S2/c35-30-28(36-15-16-37-30)21-10-12-22(13-11-21)45-18-4-9-27-29(32(43)44)39-34(47-27)41-17-14-20-5-3-6-23(24(20)19-41)31(42)40-33-38-25-7-1-2-8-26(25)46-33/h1-3,5-8,10-13,15-16H,4,9,14,17-19H2,(H2,35,37)(H,43,44)(H,38,40,42). The van der Waals surface area contributed by atoms with Crippen LogP contribution in [0.4, 0.5) is 16.1 Å². The number of amides is 1. The number of nitrogens with one attached hydrogen (secondary N) is 1. The minimum Gasteiger partial charge on any atom is -0.494 e. The van der Waals surface area contributed by atoms with Crippen LogP contribution in [0.3, 0.4) is 0 Å². The van der Waals surface area contributed by atoms with Crippen molar-refractivity contribution in [3.05, 3.63) is 106 Å². The van der Waals surface area contributed by atoms with Crippen LogP contribution in [0.2, 0.25) is 0 Å². The van der Waals surface area contributed by atoms with Crippen LogP contribution >= 0.6 is 22.7 Å². The minimum absolute atomic E-state index is 0.0589. The van der Waals surface area contributed by atoms with Gasteiger partial charge in [0.25, 0.3) is 5.91 Å². The second kappa shape index (κ2) is 13.1. The van der Waals surface area contributed by atoms with Gasteiger partial charge < -0.3 is 20.5 Å². The highest BCUT2D eigenvalue weighted by molar-refractivity contribution is 7.22. The first kappa shape index (κ1) is 30.3. The van der Waals surface area contributed by atoms with Gasteiger partial charge in [-0.2, -0.15) is 0 Å².